The van der Waals surface area contributed by atoms with Gasteiger partial charge in [-0.15, -0.1) is 0 Å². The van der Waals surface area contributed by atoms with Gasteiger partial charge in [0, 0.05) is 18.2 Å². The lowest BCUT2D eigenvalue weighted by Crippen LogP contribution is -2.15. The van der Waals surface area contributed by atoms with Gasteiger partial charge in [0.15, 0.2) is 12.2 Å². The van der Waals surface area contributed by atoms with Gasteiger partial charge in [-0.3, -0.25) is 0 Å². The maximum Gasteiger partial charge on any atom is 0.181 e. The van der Waals surface area contributed by atoms with Crippen molar-refractivity contribution in [3.05, 3.63) is 40.6 Å². The van der Waals surface area contributed by atoms with Gasteiger partial charge in [0.25, 0.3) is 0 Å². The van der Waals surface area contributed by atoms with Crippen molar-refractivity contribution < 1.29 is 8.81 Å². The summed E-state index contributed by atoms with van der Waals surface area (Å²) in [6.45, 7) is 0.661. The summed E-state index contributed by atoms with van der Waals surface area (Å²) in [6, 6.07) is 5.54. The zero-order valence-electron chi connectivity index (χ0n) is 9.62. The first kappa shape index (κ1) is 11.9. The van der Waals surface area contributed by atoms with Gasteiger partial charge in [-0.1, -0.05) is 0 Å². The van der Waals surface area contributed by atoms with Crippen LogP contribution in [0.5, 0.6) is 0 Å². The summed E-state index contributed by atoms with van der Waals surface area (Å²) in [6.07, 6.45) is 3.85. The van der Waals surface area contributed by atoms with Crippen molar-refractivity contribution in [2.75, 3.05) is 0 Å². The molecule has 0 aliphatic heterocycles. The molecule has 5 heteroatoms. The second-order valence-electron chi connectivity index (χ2n) is 4.41. The van der Waals surface area contributed by atoms with Crippen molar-refractivity contribution >= 4 is 15.9 Å². The van der Waals surface area contributed by atoms with Crippen molar-refractivity contribution in [2.45, 2.75) is 25.4 Å². The Hall–Kier alpha value is -1.20. The summed E-state index contributed by atoms with van der Waals surface area (Å²) in [4.78, 5) is 4.18. The molecule has 0 unspecified atom stereocenters. The molecular formula is C13H12BrFN2O. The highest BCUT2D eigenvalue weighted by atomic mass is 79.9. The first-order valence-electron chi connectivity index (χ1n) is 5.85. The number of hydrogen-bond donors (Lipinski definition) is 1. The third-order valence-electron chi connectivity index (χ3n) is 2.96. The van der Waals surface area contributed by atoms with E-state index < -0.39 is 0 Å². The van der Waals surface area contributed by atoms with E-state index in [4.69, 9.17) is 4.42 Å². The van der Waals surface area contributed by atoms with Crippen LogP contribution >= 0.6 is 15.9 Å². The predicted molar refractivity (Wildman–Crippen MR) is 69.5 cm³/mol. The normalized spacial score (nSPS) is 15.0. The summed E-state index contributed by atoms with van der Waals surface area (Å²) < 4.78 is 19.3. The number of halogens is 2. The molecule has 1 aliphatic rings. The molecule has 3 rings (SSSR count). The van der Waals surface area contributed by atoms with E-state index in [2.05, 4.69) is 26.2 Å². The zero-order chi connectivity index (χ0) is 12.5. The molecule has 1 saturated carbocycles. The molecule has 0 bridgehead atoms. The van der Waals surface area contributed by atoms with Crippen LogP contribution in [0.2, 0.25) is 0 Å². The van der Waals surface area contributed by atoms with Gasteiger partial charge in [-0.05, 0) is 47.0 Å². The molecule has 1 N–H and O–H groups in total. The summed E-state index contributed by atoms with van der Waals surface area (Å²) in [5.74, 6) is 0.333. The Morgan fingerprint density at radius 1 is 1.44 bits per heavy atom. The third kappa shape index (κ3) is 2.47. The highest BCUT2D eigenvalue weighted by Gasteiger charge is 2.21. The number of aromatic nitrogens is 1. The molecule has 0 radical (unpaired) electrons. The van der Waals surface area contributed by atoms with Crippen LogP contribution in [0.4, 0.5) is 4.39 Å². The van der Waals surface area contributed by atoms with Crippen LogP contribution in [0, 0.1) is 5.82 Å². The largest absolute Gasteiger partial charge is 0.443 e. The lowest BCUT2D eigenvalue weighted by molar-refractivity contribution is 0.567. The number of oxazole rings is 1. The molecule has 1 aliphatic carbocycles. The smallest absolute Gasteiger partial charge is 0.181 e. The van der Waals surface area contributed by atoms with Crippen LogP contribution in [0.3, 0.4) is 0 Å². The molecule has 0 spiro atoms. The fourth-order valence-corrected chi connectivity index (χ4v) is 2.04. The van der Waals surface area contributed by atoms with Crippen molar-refractivity contribution in [2.24, 2.45) is 0 Å². The Morgan fingerprint density at radius 3 is 3.00 bits per heavy atom. The molecule has 1 aromatic heterocycles. The predicted octanol–water partition coefficient (Wildman–Crippen LogP) is 3.50. The second-order valence-corrected chi connectivity index (χ2v) is 5.27. The molecule has 1 heterocycles. The van der Waals surface area contributed by atoms with Crippen LogP contribution < -0.4 is 5.32 Å². The maximum atomic E-state index is 13.5. The van der Waals surface area contributed by atoms with Crippen LogP contribution in [0.1, 0.15) is 18.5 Å². The van der Waals surface area contributed by atoms with E-state index >= 15 is 0 Å². The average molecular weight is 311 g/mol. The molecular weight excluding hydrogens is 299 g/mol. The molecule has 0 saturated heterocycles. The second kappa shape index (κ2) is 4.82. The molecule has 1 fully saturated rings. The maximum absolute atomic E-state index is 13.5. The first-order valence-corrected chi connectivity index (χ1v) is 6.64. The van der Waals surface area contributed by atoms with E-state index in [1.165, 1.54) is 25.3 Å². The van der Waals surface area contributed by atoms with Crippen LogP contribution in [-0.2, 0) is 6.54 Å². The molecule has 18 heavy (non-hydrogen) atoms. The van der Waals surface area contributed by atoms with Crippen LogP contribution in [0.15, 0.2) is 33.5 Å². The topological polar surface area (TPSA) is 38.1 Å². The fourth-order valence-electron chi connectivity index (χ4n) is 1.80. The molecule has 94 valence electrons. The number of benzene rings is 1. The van der Waals surface area contributed by atoms with E-state index in [0.29, 0.717) is 28.4 Å². The number of nitrogens with one attached hydrogen (secondary N) is 1. The van der Waals surface area contributed by atoms with Crippen molar-refractivity contribution in [1.82, 2.24) is 10.3 Å². The van der Waals surface area contributed by atoms with E-state index in [9.17, 15) is 4.39 Å². The lowest BCUT2D eigenvalue weighted by Gasteiger charge is -2.03. The average Bonchev–Trinajstić information content (AvgIpc) is 3.08. The van der Waals surface area contributed by atoms with Gasteiger partial charge < -0.3 is 9.73 Å². The Labute approximate surface area is 113 Å². The molecule has 0 amide bonds. The highest BCUT2D eigenvalue weighted by molar-refractivity contribution is 9.10. The Morgan fingerprint density at radius 2 is 2.28 bits per heavy atom. The summed E-state index contributed by atoms with van der Waals surface area (Å²) in [5.41, 5.74) is 1.53. The molecule has 1 aromatic carbocycles. The highest BCUT2D eigenvalue weighted by Crippen LogP contribution is 2.27. The first-order chi connectivity index (χ1) is 8.74. The van der Waals surface area contributed by atoms with Gasteiger partial charge in [-0.2, -0.15) is 0 Å². The summed E-state index contributed by atoms with van der Waals surface area (Å²) in [5, 5.41) is 3.37. The molecule has 3 nitrogen and oxygen atoms in total. The molecule has 2 aromatic rings. The summed E-state index contributed by atoms with van der Waals surface area (Å²) in [7, 11) is 0. The number of nitrogens with zero attached hydrogens (tertiary/aromatic N) is 1. The Bertz CT molecular complexity index is 566. The summed E-state index contributed by atoms with van der Waals surface area (Å²) >= 11 is 3.14. The third-order valence-corrected chi connectivity index (χ3v) is 3.60. The fraction of sp³-hybridized carbons (Fsp3) is 0.308. The standard InChI is InChI=1S/C13H12BrFN2O/c14-10-4-1-8(5-11(10)15)13-12(17-7-18-13)6-16-9-2-3-9/h1,4-5,7,9,16H,2-3,6H2. The van der Waals surface area contributed by atoms with Crippen molar-refractivity contribution in [3.8, 4) is 11.3 Å². The van der Waals surface area contributed by atoms with E-state index in [1.54, 1.807) is 6.07 Å². The Kier molecular flexibility index (Phi) is 3.18. The lowest BCUT2D eigenvalue weighted by atomic mass is 10.1. The van der Waals surface area contributed by atoms with Gasteiger partial charge in [-0.25, -0.2) is 9.37 Å². The van der Waals surface area contributed by atoms with Crippen molar-refractivity contribution in [1.29, 1.82) is 0 Å². The minimum atomic E-state index is -0.301. The SMILES string of the molecule is Fc1cc(-c2ocnc2CNC2CC2)ccc1Br. The molecule has 0 atom stereocenters. The number of rotatable bonds is 4. The minimum Gasteiger partial charge on any atom is -0.443 e. The van der Waals surface area contributed by atoms with E-state index in [0.717, 1.165) is 5.69 Å². The minimum absolute atomic E-state index is 0.301. The van der Waals surface area contributed by atoms with Crippen molar-refractivity contribution in [3.63, 3.8) is 0 Å². The van der Waals surface area contributed by atoms with E-state index in [1.807, 2.05) is 6.07 Å². The van der Waals surface area contributed by atoms with Crippen LogP contribution in [0.25, 0.3) is 11.3 Å². The Balaban J connectivity index is 1.85. The van der Waals surface area contributed by atoms with Gasteiger partial charge in [0.05, 0.1) is 4.47 Å². The van der Waals surface area contributed by atoms with E-state index in [-0.39, 0.29) is 5.82 Å². The van der Waals surface area contributed by atoms with Crippen LogP contribution in [-0.4, -0.2) is 11.0 Å². The van der Waals surface area contributed by atoms with Gasteiger partial charge >= 0.3 is 0 Å². The zero-order valence-corrected chi connectivity index (χ0v) is 11.2. The monoisotopic (exact) mass is 310 g/mol. The van der Waals surface area contributed by atoms with Gasteiger partial charge in [0.2, 0.25) is 0 Å². The van der Waals surface area contributed by atoms with Gasteiger partial charge in [0.1, 0.15) is 11.5 Å². The quantitative estimate of drug-likeness (QED) is 0.939. The number of hydrogen-bond acceptors (Lipinski definition) is 3.